The average molecular weight is 295 g/mol. The zero-order chi connectivity index (χ0) is 14.8. The zero-order valence-electron chi connectivity index (χ0n) is 12.1. The second-order valence-corrected chi connectivity index (χ2v) is 5.25. The SMILES string of the molecule is c1cc2cnc(Nc3ccc(N4CCOCC4)cc3)nc2[nH]1. The Morgan fingerprint density at radius 2 is 1.91 bits per heavy atom. The number of nitrogens with zero attached hydrogens (tertiary/aromatic N) is 3. The number of anilines is 3. The number of rotatable bonds is 3. The van der Waals surface area contributed by atoms with Gasteiger partial charge in [0.1, 0.15) is 5.65 Å². The highest BCUT2D eigenvalue weighted by atomic mass is 16.5. The molecular formula is C16H17N5O. The van der Waals surface area contributed by atoms with Gasteiger partial charge in [0.25, 0.3) is 0 Å². The maximum Gasteiger partial charge on any atom is 0.229 e. The molecule has 0 amide bonds. The third-order valence-corrected chi connectivity index (χ3v) is 3.80. The van der Waals surface area contributed by atoms with E-state index in [9.17, 15) is 0 Å². The predicted octanol–water partition coefficient (Wildman–Crippen LogP) is 2.54. The molecule has 0 spiro atoms. The molecule has 0 atom stereocenters. The summed E-state index contributed by atoms with van der Waals surface area (Å²) in [5.41, 5.74) is 3.03. The standard InChI is InChI=1S/C16H17N5O/c1-3-14(21-7-9-22-10-8-21)4-2-13(1)19-16-18-11-12-5-6-17-15(12)20-16/h1-6,11H,7-10H2,(H2,17,18,19,20). The molecule has 2 N–H and O–H groups in total. The second-order valence-electron chi connectivity index (χ2n) is 5.25. The van der Waals surface area contributed by atoms with Gasteiger partial charge in [-0.25, -0.2) is 4.98 Å². The Labute approximate surface area is 128 Å². The molecule has 6 heteroatoms. The maximum absolute atomic E-state index is 5.38. The van der Waals surface area contributed by atoms with E-state index in [1.165, 1.54) is 5.69 Å². The summed E-state index contributed by atoms with van der Waals surface area (Å²) in [6.45, 7) is 3.48. The maximum atomic E-state index is 5.38. The normalized spacial score (nSPS) is 15.2. The Morgan fingerprint density at radius 3 is 2.73 bits per heavy atom. The lowest BCUT2D eigenvalue weighted by molar-refractivity contribution is 0.122. The molecule has 1 fully saturated rings. The van der Waals surface area contributed by atoms with Crippen molar-refractivity contribution < 1.29 is 4.74 Å². The summed E-state index contributed by atoms with van der Waals surface area (Å²) in [7, 11) is 0. The van der Waals surface area contributed by atoms with Gasteiger partial charge in [0.15, 0.2) is 0 Å². The molecule has 0 bridgehead atoms. The lowest BCUT2D eigenvalue weighted by atomic mass is 10.2. The molecule has 0 radical (unpaired) electrons. The summed E-state index contributed by atoms with van der Waals surface area (Å²) in [6.07, 6.45) is 3.67. The summed E-state index contributed by atoms with van der Waals surface area (Å²) >= 11 is 0. The molecule has 4 rings (SSSR count). The van der Waals surface area contributed by atoms with E-state index in [-0.39, 0.29) is 0 Å². The molecule has 1 saturated heterocycles. The molecule has 112 valence electrons. The smallest absolute Gasteiger partial charge is 0.229 e. The summed E-state index contributed by atoms with van der Waals surface area (Å²) in [6, 6.07) is 10.3. The first-order valence-electron chi connectivity index (χ1n) is 7.38. The highest BCUT2D eigenvalue weighted by Crippen LogP contribution is 2.21. The van der Waals surface area contributed by atoms with Gasteiger partial charge in [-0.05, 0) is 30.3 Å². The number of ether oxygens (including phenoxy) is 1. The van der Waals surface area contributed by atoms with Crippen LogP contribution in [0.1, 0.15) is 0 Å². The molecule has 3 heterocycles. The Morgan fingerprint density at radius 1 is 1.09 bits per heavy atom. The fourth-order valence-electron chi connectivity index (χ4n) is 2.61. The summed E-state index contributed by atoms with van der Waals surface area (Å²) in [4.78, 5) is 14.2. The van der Waals surface area contributed by atoms with Crippen molar-refractivity contribution in [2.45, 2.75) is 0 Å². The van der Waals surface area contributed by atoms with Gasteiger partial charge in [-0.3, -0.25) is 0 Å². The molecule has 1 aliphatic rings. The van der Waals surface area contributed by atoms with Crippen molar-refractivity contribution in [1.29, 1.82) is 0 Å². The summed E-state index contributed by atoms with van der Waals surface area (Å²) in [5, 5.41) is 4.24. The average Bonchev–Trinajstić information content (AvgIpc) is 3.04. The van der Waals surface area contributed by atoms with Crippen molar-refractivity contribution >= 4 is 28.4 Å². The van der Waals surface area contributed by atoms with Crippen molar-refractivity contribution in [3.05, 3.63) is 42.7 Å². The van der Waals surface area contributed by atoms with Crippen LogP contribution in [0.15, 0.2) is 42.7 Å². The van der Waals surface area contributed by atoms with Crippen LogP contribution < -0.4 is 10.2 Å². The van der Waals surface area contributed by atoms with Gasteiger partial charge in [0.05, 0.1) is 13.2 Å². The third-order valence-electron chi connectivity index (χ3n) is 3.80. The van der Waals surface area contributed by atoms with Crippen molar-refractivity contribution in [2.75, 3.05) is 36.5 Å². The molecular weight excluding hydrogens is 278 g/mol. The largest absolute Gasteiger partial charge is 0.378 e. The van der Waals surface area contributed by atoms with Crippen molar-refractivity contribution in [2.24, 2.45) is 0 Å². The highest BCUT2D eigenvalue weighted by Gasteiger charge is 2.10. The van der Waals surface area contributed by atoms with Crippen molar-refractivity contribution in [1.82, 2.24) is 15.0 Å². The fraction of sp³-hybridized carbons (Fsp3) is 0.250. The first kappa shape index (κ1) is 13.1. The van der Waals surface area contributed by atoms with Crippen LogP contribution in [-0.2, 0) is 4.74 Å². The minimum Gasteiger partial charge on any atom is -0.378 e. The molecule has 1 aromatic carbocycles. The Hall–Kier alpha value is -2.60. The number of fused-ring (bicyclic) bond motifs is 1. The zero-order valence-corrected chi connectivity index (χ0v) is 12.1. The van der Waals surface area contributed by atoms with Crippen LogP contribution in [0.25, 0.3) is 11.0 Å². The van der Waals surface area contributed by atoms with Crippen molar-refractivity contribution in [3.8, 4) is 0 Å². The number of H-pyrrole nitrogens is 1. The van der Waals surface area contributed by atoms with Gasteiger partial charge in [0, 0.05) is 42.2 Å². The number of hydrogen-bond donors (Lipinski definition) is 2. The van der Waals surface area contributed by atoms with Crippen LogP contribution >= 0.6 is 0 Å². The number of hydrogen-bond acceptors (Lipinski definition) is 5. The van der Waals surface area contributed by atoms with Crippen LogP contribution in [-0.4, -0.2) is 41.3 Å². The summed E-state index contributed by atoms with van der Waals surface area (Å²) in [5.74, 6) is 0.592. The Kier molecular flexibility index (Phi) is 3.36. The van der Waals surface area contributed by atoms with Crippen LogP contribution in [0.3, 0.4) is 0 Å². The van der Waals surface area contributed by atoms with Crippen LogP contribution in [0, 0.1) is 0 Å². The van der Waals surface area contributed by atoms with Crippen LogP contribution in [0.4, 0.5) is 17.3 Å². The lowest BCUT2D eigenvalue weighted by Gasteiger charge is -2.28. The minimum absolute atomic E-state index is 0.592. The number of nitrogens with one attached hydrogen (secondary N) is 2. The quantitative estimate of drug-likeness (QED) is 0.777. The molecule has 6 nitrogen and oxygen atoms in total. The molecule has 0 saturated carbocycles. The predicted molar refractivity (Wildman–Crippen MR) is 86.6 cm³/mol. The van der Waals surface area contributed by atoms with Gasteiger partial charge in [-0.2, -0.15) is 4.98 Å². The molecule has 0 unspecified atom stereocenters. The lowest BCUT2D eigenvalue weighted by Crippen LogP contribution is -2.36. The Balaban J connectivity index is 1.50. The first-order chi connectivity index (χ1) is 10.9. The number of morpholine rings is 1. The molecule has 2 aromatic heterocycles. The molecule has 0 aliphatic carbocycles. The molecule has 1 aliphatic heterocycles. The Bertz CT molecular complexity index is 762. The van der Waals surface area contributed by atoms with Gasteiger partial charge < -0.3 is 19.9 Å². The highest BCUT2D eigenvalue weighted by molar-refractivity contribution is 5.75. The number of benzene rings is 1. The molecule has 22 heavy (non-hydrogen) atoms. The van der Waals surface area contributed by atoms with Gasteiger partial charge >= 0.3 is 0 Å². The molecule has 3 aromatic rings. The van der Waals surface area contributed by atoms with E-state index in [2.05, 4.69) is 37.3 Å². The van der Waals surface area contributed by atoms with E-state index in [4.69, 9.17) is 4.74 Å². The van der Waals surface area contributed by atoms with Gasteiger partial charge in [-0.15, -0.1) is 0 Å². The number of aromatic nitrogens is 3. The van der Waals surface area contributed by atoms with E-state index in [0.29, 0.717) is 5.95 Å². The van der Waals surface area contributed by atoms with E-state index in [1.807, 2.05) is 30.6 Å². The number of aromatic amines is 1. The van der Waals surface area contributed by atoms with Gasteiger partial charge in [-0.1, -0.05) is 0 Å². The van der Waals surface area contributed by atoms with Crippen LogP contribution in [0.2, 0.25) is 0 Å². The fourth-order valence-corrected chi connectivity index (χ4v) is 2.61. The third kappa shape index (κ3) is 2.60. The van der Waals surface area contributed by atoms with E-state index < -0.39 is 0 Å². The minimum atomic E-state index is 0.592. The first-order valence-corrected chi connectivity index (χ1v) is 7.38. The van der Waals surface area contributed by atoms with Crippen molar-refractivity contribution in [3.63, 3.8) is 0 Å². The van der Waals surface area contributed by atoms with E-state index in [0.717, 1.165) is 43.0 Å². The van der Waals surface area contributed by atoms with Gasteiger partial charge in [0.2, 0.25) is 5.95 Å². The van der Waals surface area contributed by atoms with E-state index in [1.54, 1.807) is 0 Å². The monoisotopic (exact) mass is 295 g/mol. The topological polar surface area (TPSA) is 66.1 Å². The second kappa shape index (κ2) is 5.65. The van der Waals surface area contributed by atoms with E-state index >= 15 is 0 Å². The van der Waals surface area contributed by atoms with Crippen LogP contribution in [0.5, 0.6) is 0 Å². The summed E-state index contributed by atoms with van der Waals surface area (Å²) < 4.78 is 5.38.